The molecule has 1 aromatic carbocycles. The number of rotatable bonds is 4. The molecule has 0 radical (unpaired) electrons. The van der Waals surface area contributed by atoms with Crippen LogP contribution in [0.2, 0.25) is 0 Å². The Morgan fingerprint density at radius 1 is 1.25 bits per heavy atom. The maximum Gasteiger partial charge on any atom is 0.0629 e. The maximum atomic E-state index is 5.51. The monoisotopic (exact) mass is 233 g/mol. The lowest BCUT2D eigenvalue weighted by Crippen LogP contribution is -2.02. The second-order valence-electron chi connectivity index (χ2n) is 3.63. The second kappa shape index (κ2) is 5.18. The number of nitrogens with zero attached hydrogens (tertiary/aromatic N) is 2. The number of hydrogen-bond donors (Lipinski definition) is 1. The Hall–Kier alpha value is -1.26. The molecule has 4 heteroatoms. The molecule has 0 aliphatic heterocycles. The van der Waals surface area contributed by atoms with Gasteiger partial charge in [-0.25, -0.2) is 0 Å². The fourth-order valence-corrected chi connectivity index (χ4v) is 2.33. The normalized spacial score (nSPS) is 10.6. The molecule has 3 nitrogen and oxygen atoms in total. The van der Waals surface area contributed by atoms with Gasteiger partial charge in [0.15, 0.2) is 0 Å². The molecule has 0 bridgehead atoms. The fraction of sp³-hybridized carbons (Fsp3) is 0.250. The highest BCUT2D eigenvalue weighted by atomic mass is 32.2. The van der Waals surface area contributed by atoms with Gasteiger partial charge in [0.25, 0.3) is 0 Å². The highest BCUT2D eigenvalue weighted by Crippen LogP contribution is 2.26. The Kier molecular flexibility index (Phi) is 3.64. The molecule has 84 valence electrons. The van der Waals surface area contributed by atoms with Crippen LogP contribution in [-0.2, 0) is 13.5 Å². The number of aromatic nitrogens is 2. The van der Waals surface area contributed by atoms with Crippen LogP contribution in [0.4, 0.5) is 0 Å². The first-order valence-electron chi connectivity index (χ1n) is 5.23. The summed E-state index contributed by atoms with van der Waals surface area (Å²) in [7, 11) is 1.93. The summed E-state index contributed by atoms with van der Waals surface area (Å²) in [6.07, 6.45) is 4.83. The molecule has 0 atom stereocenters. The van der Waals surface area contributed by atoms with Crippen LogP contribution >= 0.6 is 11.8 Å². The molecule has 1 heterocycles. The van der Waals surface area contributed by atoms with Crippen molar-refractivity contribution in [3.05, 3.63) is 42.2 Å². The minimum absolute atomic E-state index is 0.703. The summed E-state index contributed by atoms with van der Waals surface area (Å²) in [5.41, 5.74) is 6.80. The first-order valence-corrected chi connectivity index (χ1v) is 6.05. The van der Waals surface area contributed by atoms with Crippen molar-refractivity contribution in [3.8, 4) is 0 Å². The molecule has 0 saturated carbocycles. The van der Waals surface area contributed by atoms with Crippen molar-refractivity contribution >= 4 is 11.8 Å². The zero-order chi connectivity index (χ0) is 11.4. The van der Waals surface area contributed by atoms with Gasteiger partial charge in [-0.1, -0.05) is 23.9 Å². The Bertz CT molecular complexity index is 448. The second-order valence-corrected chi connectivity index (χ2v) is 4.78. The number of aryl methyl sites for hydroxylation is 1. The standard InChI is InChI=1S/C12H15N3S/c1-15-9-12(8-14-15)16-11-4-2-10(3-5-11)6-7-13/h2-5,8-9H,6-7,13H2,1H3. The van der Waals surface area contributed by atoms with Crippen molar-refractivity contribution < 1.29 is 0 Å². The van der Waals surface area contributed by atoms with Gasteiger partial charge >= 0.3 is 0 Å². The molecule has 0 fully saturated rings. The quantitative estimate of drug-likeness (QED) is 0.879. The highest BCUT2D eigenvalue weighted by molar-refractivity contribution is 7.99. The lowest BCUT2D eigenvalue weighted by Gasteiger charge is -2.01. The van der Waals surface area contributed by atoms with Gasteiger partial charge in [0.1, 0.15) is 0 Å². The predicted octanol–water partition coefficient (Wildman–Crippen LogP) is 2.07. The third-order valence-corrected chi connectivity index (χ3v) is 3.23. The summed E-state index contributed by atoms with van der Waals surface area (Å²) < 4.78 is 1.81. The van der Waals surface area contributed by atoms with Gasteiger partial charge in [0.2, 0.25) is 0 Å². The molecule has 2 N–H and O–H groups in total. The number of benzene rings is 1. The minimum atomic E-state index is 0.703. The van der Waals surface area contributed by atoms with E-state index in [0.717, 1.165) is 11.3 Å². The first kappa shape index (κ1) is 11.2. The van der Waals surface area contributed by atoms with E-state index in [4.69, 9.17) is 5.73 Å². The van der Waals surface area contributed by atoms with E-state index in [9.17, 15) is 0 Å². The molecule has 0 aliphatic rings. The molecule has 0 amide bonds. The van der Waals surface area contributed by atoms with Crippen molar-refractivity contribution in [2.75, 3.05) is 6.54 Å². The third kappa shape index (κ3) is 2.87. The molecule has 0 spiro atoms. The van der Waals surface area contributed by atoms with Gasteiger partial charge in [-0.05, 0) is 30.7 Å². The lowest BCUT2D eigenvalue weighted by molar-refractivity contribution is 0.766. The number of hydrogen-bond acceptors (Lipinski definition) is 3. The molecule has 0 saturated heterocycles. The van der Waals surface area contributed by atoms with Gasteiger partial charge in [0, 0.05) is 18.1 Å². The summed E-state index contributed by atoms with van der Waals surface area (Å²) in [4.78, 5) is 2.39. The molecule has 1 aromatic heterocycles. The minimum Gasteiger partial charge on any atom is -0.330 e. The predicted molar refractivity (Wildman–Crippen MR) is 66.5 cm³/mol. The van der Waals surface area contributed by atoms with E-state index < -0.39 is 0 Å². The van der Waals surface area contributed by atoms with Gasteiger partial charge < -0.3 is 5.73 Å². The summed E-state index contributed by atoms with van der Waals surface area (Å²) in [5, 5.41) is 4.14. The van der Waals surface area contributed by atoms with Crippen LogP contribution in [0.15, 0.2) is 46.5 Å². The Morgan fingerprint density at radius 3 is 2.56 bits per heavy atom. The van der Waals surface area contributed by atoms with Crippen LogP contribution in [-0.4, -0.2) is 16.3 Å². The molecular weight excluding hydrogens is 218 g/mol. The van der Waals surface area contributed by atoms with Crippen molar-refractivity contribution in [1.82, 2.24) is 9.78 Å². The maximum absolute atomic E-state index is 5.51. The highest BCUT2D eigenvalue weighted by Gasteiger charge is 1.99. The third-order valence-electron chi connectivity index (χ3n) is 2.27. The summed E-state index contributed by atoms with van der Waals surface area (Å²) >= 11 is 1.72. The zero-order valence-electron chi connectivity index (χ0n) is 9.26. The van der Waals surface area contributed by atoms with E-state index in [2.05, 4.69) is 29.4 Å². The van der Waals surface area contributed by atoms with Crippen LogP contribution in [0.3, 0.4) is 0 Å². The van der Waals surface area contributed by atoms with Crippen molar-refractivity contribution in [3.63, 3.8) is 0 Å². The van der Waals surface area contributed by atoms with Crippen LogP contribution in [0.5, 0.6) is 0 Å². The lowest BCUT2D eigenvalue weighted by atomic mass is 10.2. The first-order chi connectivity index (χ1) is 7.78. The van der Waals surface area contributed by atoms with Crippen molar-refractivity contribution in [2.24, 2.45) is 12.8 Å². The van der Waals surface area contributed by atoms with E-state index in [0.29, 0.717) is 6.54 Å². The molecule has 0 aliphatic carbocycles. The Balaban J connectivity index is 2.05. The summed E-state index contributed by atoms with van der Waals surface area (Å²) in [5.74, 6) is 0. The van der Waals surface area contributed by atoms with Crippen LogP contribution < -0.4 is 5.73 Å². The zero-order valence-corrected chi connectivity index (χ0v) is 10.1. The SMILES string of the molecule is Cn1cc(Sc2ccc(CCN)cc2)cn1. The largest absolute Gasteiger partial charge is 0.330 e. The van der Waals surface area contributed by atoms with E-state index in [-0.39, 0.29) is 0 Å². The molecular formula is C12H15N3S. The van der Waals surface area contributed by atoms with E-state index in [1.165, 1.54) is 10.5 Å². The molecule has 16 heavy (non-hydrogen) atoms. The molecule has 2 rings (SSSR count). The molecule has 0 unspecified atom stereocenters. The van der Waals surface area contributed by atoms with E-state index in [1.807, 2.05) is 24.1 Å². The van der Waals surface area contributed by atoms with Crippen LogP contribution in [0, 0.1) is 0 Å². The Morgan fingerprint density at radius 2 is 2.00 bits per heavy atom. The topological polar surface area (TPSA) is 43.8 Å². The van der Waals surface area contributed by atoms with Gasteiger partial charge in [0.05, 0.1) is 11.1 Å². The van der Waals surface area contributed by atoms with Crippen LogP contribution in [0.25, 0.3) is 0 Å². The smallest absolute Gasteiger partial charge is 0.0629 e. The van der Waals surface area contributed by atoms with Gasteiger partial charge in [-0.15, -0.1) is 0 Å². The van der Waals surface area contributed by atoms with Crippen molar-refractivity contribution in [1.29, 1.82) is 0 Å². The summed E-state index contributed by atoms with van der Waals surface area (Å²) in [6.45, 7) is 0.703. The number of nitrogens with two attached hydrogens (primary N) is 1. The van der Waals surface area contributed by atoms with Crippen LogP contribution in [0.1, 0.15) is 5.56 Å². The average molecular weight is 233 g/mol. The fourth-order valence-electron chi connectivity index (χ4n) is 1.48. The average Bonchev–Trinajstić information content (AvgIpc) is 2.67. The molecule has 2 aromatic rings. The van der Waals surface area contributed by atoms with Gasteiger partial charge in [-0.3, -0.25) is 4.68 Å². The Labute approximate surface area is 99.7 Å². The van der Waals surface area contributed by atoms with E-state index in [1.54, 1.807) is 11.8 Å². The van der Waals surface area contributed by atoms with Crippen molar-refractivity contribution in [2.45, 2.75) is 16.2 Å². The summed E-state index contributed by atoms with van der Waals surface area (Å²) in [6, 6.07) is 8.52. The van der Waals surface area contributed by atoms with Gasteiger partial charge in [-0.2, -0.15) is 5.10 Å². The van der Waals surface area contributed by atoms with E-state index >= 15 is 0 Å².